The van der Waals surface area contributed by atoms with Crippen molar-refractivity contribution in [3.05, 3.63) is 0 Å². The number of rotatable bonds is 3. The standard InChI is InChI=1S/C9H16F2/c1-7(2)6-9(4-5-9)8(3,10)11/h7H,4-6H2,1-3H3. The van der Waals surface area contributed by atoms with Gasteiger partial charge in [-0.05, 0) is 32.1 Å². The van der Waals surface area contributed by atoms with Crippen molar-refractivity contribution in [1.29, 1.82) is 0 Å². The predicted octanol–water partition coefficient (Wildman–Crippen LogP) is 3.47. The topological polar surface area (TPSA) is 0 Å². The Bertz CT molecular complexity index is 140. The zero-order valence-corrected chi connectivity index (χ0v) is 7.45. The summed E-state index contributed by atoms with van der Waals surface area (Å²) in [7, 11) is 0. The van der Waals surface area contributed by atoms with Gasteiger partial charge in [-0.15, -0.1) is 0 Å². The van der Waals surface area contributed by atoms with Gasteiger partial charge in [0.05, 0.1) is 0 Å². The maximum absolute atomic E-state index is 12.9. The predicted molar refractivity (Wildman–Crippen MR) is 41.7 cm³/mol. The number of hydrogen-bond donors (Lipinski definition) is 0. The van der Waals surface area contributed by atoms with Gasteiger partial charge < -0.3 is 0 Å². The fraction of sp³-hybridized carbons (Fsp3) is 1.00. The molecule has 0 N–H and O–H groups in total. The van der Waals surface area contributed by atoms with Crippen LogP contribution in [-0.2, 0) is 0 Å². The van der Waals surface area contributed by atoms with Crippen LogP contribution in [0, 0.1) is 11.3 Å². The monoisotopic (exact) mass is 162 g/mol. The third kappa shape index (κ3) is 1.71. The summed E-state index contributed by atoms with van der Waals surface area (Å²) >= 11 is 0. The van der Waals surface area contributed by atoms with Crippen LogP contribution in [-0.4, -0.2) is 5.92 Å². The minimum absolute atomic E-state index is 0.392. The number of hydrogen-bond acceptors (Lipinski definition) is 0. The lowest BCUT2D eigenvalue weighted by molar-refractivity contribution is -0.0624. The van der Waals surface area contributed by atoms with Gasteiger partial charge in [0.1, 0.15) is 0 Å². The Kier molecular flexibility index (Phi) is 1.97. The molecule has 66 valence electrons. The van der Waals surface area contributed by atoms with E-state index in [1.165, 1.54) is 0 Å². The zero-order chi connectivity index (χ0) is 8.70. The van der Waals surface area contributed by atoms with E-state index in [9.17, 15) is 8.78 Å². The van der Waals surface area contributed by atoms with Gasteiger partial charge in [-0.2, -0.15) is 0 Å². The molecule has 1 saturated carbocycles. The van der Waals surface area contributed by atoms with Crippen LogP contribution >= 0.6 is 0 Å². The molecule has 1 aliphatic carbocycles. The van der Waals surface area contributed by atoms with Gasteiger partial charge in [-0.25, -0.2) is 8.78 Å². The molecule has 0 aromatic heterocycles. The van der Waals surface area contributed by atoms with Crippen LogP contribution in [0.5, 0.6) is 0 Å². The van der Waals surface area contributed by atoms with Gasteiger partial charge in [0.2, 0.25) is 0 Å². The first kappa shape index (κ1) is 8.95. The first-order valence-corrected chi connectivity index (χ1v) is 4.25. The molecule has 0 radical (unpaired) electrons. The van der Waals surface area contributed by atoms with Crippen LogP contribution in [0.25, 0.3) is 0 Å². The average Bonchev–Trinajstić information content (AvgIpc) is 2.42. The Morgan fingerprint density at radius 1 is 1.36 bits per heavy atom. The van der Waals surface area contributed by atoms with E-state index < -0.39 is 11.3 Å². The fourth-order valence-electron chi connectivity index (χ4n) is 1.75. The van der Waals surface area contributed by atoms with E-state index in [0.717, 1.165) is 6.92 Å². The highest BCUT2D eigenvalue weighted by Gasteiger charge is 2.58. The highest BCUT2D eigenvalue weighted by Crippen LogP contribution is 2.60. The molecule has 0 aliphatic heterocycles. The van der Waals surface area contributed by atoms with Gasteiger partial charge in [0.15, 0.2) is 0 Å². The summed E-state index contributed by atoms with van der Waals surface area (Å²) in [4.78, 5) is 0. The molecule has 1 fully saturated rings. The van der Waals surface area contributed by atoms with E-state index in [0.29, 0.717) is 25.2 Å². The maximum Gasteiger partial charge on any atom is 0.250 e. The molecule has 0 nitrogen and oxygen atoms in total. The summed E-state index contributed by atoms with van der Waals surface area (Å²) in [5, 5.41) is 0. The lowest BCUT2D eigenvalue weighted by Gasteiger charge is -2.24. The summed E-state index contributed by atoms with van der Waals surface area (Å²) in [6.45, 7) is 5.07. The van der Waals surface area contributed by atoms with Crippen molar-refractivity contribution in [2.24, 2.45) is 11.3 Å². The van der Waals surface area contributed by atoms with E-state index in [1.807, 2.05) is 13.8 Å². The molecule has 0 unspecified atom stereocenters. The fourth-order valence-corrected chi connectivity index (χ4v) is 1.75. The molecule has 0 aromatic carbocycles. The van der Waals surface area contributed by atoms with Crippen LogP contribution in [0.2, 0.25) is 0 Å². The van der Waals surface area contributed by atoms with Crippen molar-refractivity contribution < 1.29 is 8.78 Å². The first-order chi connectivity index (χ1) is 4.87. The molecule has 0 spiro atoms. The summed E-state index contributed by atoms with van der Waals surface area (Å²) in [5.41, 5.74) is -0.624. The second kappa shape index (κ2) is 2.43. The van der Waals surface area contributed by atoms with Gasteiger partial charge in [0.25, 0.3) is 5.92 Å². The highest BCUT2D eigenvalue weighted by molar-refractivity contribution is 5.01. The highest BCUT2D eigenvalue weighted by atomic mass is 19.3. The molecule has 2 heteroatoms. The molecule has 0 amide bonds. The van der Waals surface area contributed by atoms with Crippen molar-refractivity contribution in [2.75, 3.05) is 0 Å². The van der Waals surface area contributed by atoms with E-state index in [1.54, 1.807) is 0 Å². The van der Waals surface area contributed by atoms with Gasteiger partial charge >= 0.3 is 0 Å². The molecule has 0 heterocycles. The first-order valence-electron chi connectivity index (χ1n) is 4.25. The van der Waals surface area contributed by atoms with Crippen molar-refractivity contribution in [3.63, 3.8) is 0 Å². The Morgan fingerprint density at radius 3 is 1.91 bits per heavy atom. The molecule has 0 saturated heterocycles. The number of halogens is 2. The second-order valence-corrected chi connectivity index (χ2v) is 4.27. The van der Waals surface area contributed by atoms with Crippen LogP contribution in [0.15, 0.2) is 0 Å². The third-order valence-corrected chi connectivity index (χ3v) is 2.58. The molecular formula is C9H16F2. The molecule has 1 rings (SSSR count). The normalized spacial score (nSPS) is 22.4. The lowest BCUT2D eigenvalue weighted by atomic mass is 9.89. The van der Waals surface area contributed by atoms with Crippen LogP contribution < -0.4 is 0 Å². The Balaban J connectivity index is 2.54. The van der Waals surface area contributed by atoms with Crippen LogP contribution in [0.1, 0.15) is 40.0 Å². The molecular weight excluding hydrogens is 146 g/mol. The average molecular weight is 162 g/mol. The third-order valence-electron chi connectivity index (χ3n) is 2.58. The summed E-state index contributed by atoms with van der Waals surface area (Å²) in [6.07, 6.45) is 2.11. The molecule has 11 heavy (non-hydrogen) atoms. The maximum atomic E-state index is 12.9. The van der Waals surface area contributed by atoms with E-state index in [4.69, 9.17) is 0 Å². The molecule has 1 aliphatic rings. The summed E-state index contributed by atoms with van der Waals surface area (Å²) < 4.78 is 25.8. The minimum Gasteiger partial charge on any atom is -0.207 e. The summed E-state index contributed by atoms with van der Waals surface area (Å²) in [6, 6.07) is 0. The number of alkyl halides is 2. The van der Waals surface area contributed by atoms with E-state index in [-0.39, 0.29) is 0 Å². The second-order valence-electron chi connectivity index (χ2n) is 4.27. The van der Waals surface area contributed by atoms with Crippen molar-refractivity contribution in [3.8, 4) is 0 Å². The summed E-state index contributed by atoms with van der Waals surface area (Å²) in [5.74, 6) is -2.07. The van der Waals surface area contributed by atoms with E-state index in [2.05, 4.69) is 0 Å². The van der Waals surface area contributed by atoms with Gasteiger partial charge in [-0.3, -0.25) is 0 Å². The van der Waals surface area contributed by atoms with E-state index >= 15 is 0 Å². The Hall–Kier alpha value is -0.140. The molecule has 0 bridgehead atoms. The minimum atomic E-state index is -2.46. The van der Waals surface area contributed by atoms with Crippen molar-refractivity contribution in [2.45, 2.75) is 46.0 Å². The smallest absolute Gasteiger partial charge is 0.207 e. The molecule has 0 atom stereocenters. The Labute approximate surface area is 67.0 Å². The lowest BCUT2D eigenvalue weighted by Crippen LogP contribution is -2.27. The zero-order valence-electron chi connectivity index (χ0n) is 7.45. The Morgan fingerprint density at radius 2 is 1.82 bits per heavy atom. The largest absolute Gasteiger partial charge is 0.250 e. The van der Waals surface area contributed by atoms with Gasteiger partial charge in [-0.1, -0.05) is 13.8 Å². The molecule has 0 aromatic rings. The van der Waals surface area contributed by atoms with Gasteiger partial charge in [0, 0.05) is 5.41 Å². The van der Waals surface area contributed by atoms with Crippen molar-refractivity contribution >= 4 is 0 Å². The SMILES string of the molecule is CC(C)CC1(C(C)(F)F)CC1. The quantitative estimate of drug-likeness (QED) is 0.596. The van der Waals surface area contributed by atoms with Crippen molar-refractivity contribution in [1.82, 2.24) is 0 Å². The van der Waals surface area contributed by atoms with Crippen LogP contribution in [0.3, 0.4) is 0 Å². The van der Waals surface area contributed by atoms with Crippen LogP contribution in [0.4, 0.5) is 8.78 Å².